The fraction of sp³-hybridized carbons (Fsp3) is 0.500. The molecule has 1 atom stereocenters. The van der Waals surface area contributed by atoms with Gasteiger partial charge in [0.2, 0.25) is 0 Å². The number of anilines is 1. The molecular formula is C14H19N3O2S. The van der Waals surface area contributed by atoms with Crippen molar-refractivity contribution in [2.75, 3.05) is 11.3 Å². The van der Waals surface area contributed by atoms with Crippen LogP contribution in [0.25, 0.3) is 0 Å². The van der Waals surface area contributed by atoms with E-state index in [0.29, 0.717) is 17.8 Å². The van der Waals surface area contributed by atoms with Crippen LogP contribution in [0.1, 0.15) is 37.3 Å². The minimum Gasteiger partial charge on any atom is -0.271 e. The van der Waals surface area contributed by atoms with Crippen molar-refractivity contribution in [3.8, 4) is 6.07 Å². The molecule has 1 heterocycles. The average molecular weight is 293 g/mol. The Kier molecular flexibility index (Phi) is 4.31. The molecule has 0 aromatic heterocycles. The number of hydrogen-bond acceptors (Lipinski definition) is 3. The quantitative estimate of drug-likeness (QED) is 0.930. The molecule has 1 fully saturated rings. The third-order valence-corrected chi connectivity index (χ3v) is 5.29. The monoisotopic (exact) mass is 293 g/mol. The molecule has 0 saturated carbocycles. The highest BCUT2D eigenvalue weighted by Crippen LogP contribution is 2.23. The number of rotatable bonds is 3. The van der Waals surface area contributed by atoms with Gasteiger partial charge in [-0.2, -0.15) is 18.0 Å². The van der Waals surface area contributed by atoms with Crippen molar-refractivity contribution in [3.05, 3.63) is 29.3 Å². The van der Waals surface area contributed by atoms with Gasteiger partial charge in [0.15, 0.2) is 0 Å². The Morgan fingerprint density at radius 1 is 1.40 bits per heavy atom. The fourth-order valence-electron chi connectivity index (χ4n) is 2.43. The van der Waals surface area contributed by atoms with Crippen LogP contribution in [0, 0.1) is 18.3 Å². The predicted molar refractivity (Wildman–Crippen MR) is 78.5 cm³/mol. The Hall–Kier alpha value is -1.58. The molecule has 0 bridgehead atoms. The smallest absolute Gasteiger partial charge is 0.271 e. The van der Waals surface area contributed by atoms with E-state index in [-0.39, 0.29) is 6.04 Å². The summed E-state index contributed by atoms with van der Waals surface area (Å²) in [5.41, 5.74) is 1.72. The number of aryl methyl sites for hydroxylation is 1. The summed E-state index contributed by atoms with van der Waals surface area (Å²) in [6.45, 7) is 4.29. The number of nitriles is 1. The second kappa shape index (κ2) is 5.81. The lowest BCUT2D eigenvalue weighted by Crippen LogP contribution is -2.44. The summed E-state index contributed by atoms with van der Waals surface area (Å²) in [6, 6.07) is 7.03. The predicted octanol–water partition coefficient (Wildman–Crippen LogP) is 2.40. The first-order valence-corrected chi connectivity index (χ1v) is 8.18. The van der Waals surface area contributed by atoms with Crippen LogP contribution in [0.4, 0.5) is 5.69 Å². The van der Waals surface area contributed by atoms with Gasteiger partial charge in [0.1, 0.15) is 0 Å². The third kappa shape index (κ3) is 3.11. The number of nitrogens with zero attached hydrogens (tertiary/aromatic N) is 2. The molecule has 1 aromatic carbocycles. The zero-order chi connectivity index (χ0) is 14.8. The SMILES string of the molecule is Cc1ccc(C#N)cc1NS(=O)(=O)N1CCCCC1C. The minimum absolute atomic E-state index is 0.0145. The molecule has 0 amide bonds. The van der Waals surface area contributed by atoms with Crippen molar-refractivity contribution in [2.24, 2.45) is 0 Å². The van der Waals surface area contributed by atoms with Gasteiger partial charge in [-0.15, -0.1) is 0 Å². The summed E-state index contributed by atoms with van der Waals surface area (Å²) in [4.78, 5) is 0. The molecule has 1 aromatic rings. The van der Waals surface area contributed by atoms with E-state index in [0.717, 1.165) is 24.8 Å². The van der Waals surface area contributed by atoms with E-state index in [1.165, 1.54) is 4.31 Å². The zero-order valence-electron chi connectivity index (χ0n) is 11.8. The van der Waals surface area contributed by atoms with Gasteiger partial charge in [-0.1, -0.05) is 12.5 Å². The van der Waals surface area contributed by atoms with Crippen LogP contribution in [-0.2, 0) is 10.2 Å². The second-order valence-corrected chi connectivity index (χ2v) is 6.83. The van der Waals surface area contributed by atoms with Crippen molar-refractivity contribution >= 4 is 15.9 Å². The van der Waals surface area contributed by atoms with Crippen LogP contribution in [0.2, 0.25) is 0 Å². The average Bonchev–Trinajstić information content (AvgIpc) is 2.41. The number of nitrogens with one attached hydrogen (secondary N) is 1. The Bertz CT molecular complexity index is 634. The Labute approximate surface area is 120 Å². The van der Waals surface area contributed by atoms with Crippen LogP contribution in [0.15, 0.2) is 18.2 Å². The molecule has 20 heavy (non-hydrogen) atoms. The van der Waals surface area contributed by atoms with Crippen molar-refractivity contribution in [1.29, 1.82) is 5.26 Å². The molecule has 1 saturated heterocycles. The van der Waals surface area contributed by atoms with Crippen LogP contribution in [0.3, 0.4) is 0 Å². The van der Waals surface area contributed by atoms with Crippen molar-refractivity contribution in [3.63, 3.8) is 0 Å². The van der Waals surface area contributed by atoms with Gasteiger partial charge in [0, 0.05) is 12.6 Å². The number of piperidine rings is 1. The van der Waals surface area contributed by atoms with Gasteiger partial charge in [0.25, 0.3) is 0 Å². The van der Waals surface area contributed by atoms with Gasteiger partial charge in [0.05, 0.1) is 17.3 Å². The molecule has 1 aliphatic heterocycles. The topological polar surface area (TPSA) is 73.2 Å². The molecule has 1 unspecified atom stereocenters. The Morgan fingerprint density at radius 2 is 2.15 bits per heavy atom. The third-order valence-electron chi connectivity index (χ3n) is 3.66. The van der Waals surface area contributed by atoms with Gasteiger partial charge in [-0.05, 0) is 44.4 Å². The zero-order valence-corrected chi connectivity index (χ0v) is 12.6. The normalized spacial score (nSPS) is 20.4. The molecule has 2 rings (SSSR count). The molecule has 0 aliphatic carbocycles. The maximum Gasteiger partial charge on any atom is 0.301 e. The van der Waals surface area contributed by atoms with Crippen LogP contribution < -0.4 is 4.72 Å². The molecule has 108 valence electrons. The van der Waals surface area contributed by atoms with E-state index in [9.17, 15) is 8.42 Å². The molecule has 1 N–H and O–H groups in total. The summed E-state index contributed by atoms with van der Waals surface area (Å²) < 4.78 is 29.0. The number of hydrogen-bond donors (Lipinski definition) is 1. The largest absolute Gasteiger partial charge is 0.301 e. The summed E-state index contributed by atoms with van der Waals surface area (Å²) in [6.07, 6.45) is 2.84. The van der Waals surface area contributed by atoms with Crippen molar-refractivity contribution in [2.45, 2.75) is 39.2 Å². The lowest BCUT2D eigenvalue weighted by molar-refractivity contribution is 0.270. The molecular weight excluding hydrogens is 274 g/mol. The summed E-state index contributed by atoms with van der Waals surface area (Å²) in [7, 11) is -3.56. The molecule has 5 nitrogen and oxygen atoms in total. The highest BCUT2D eigenvalue weighted by molar-refractivity contribution is 7.90. The van der Waals surface area contributed by atoms with Gasteiger partial charge in [-0.3, -0.25) is 4.72 Å². The molecule has 1 aliphatic rings. The van der Waals surface area contributed by atoms with Crippen LogP contribution >= 0.6 is 0 Å². The highest BCUT2D eigenvalue weighted by atomic mass is 32.2. The minimum atomic E-state index is -3.56. The highest BCUT2D eigenvalue weighted by Gasteiger charge is 2.29. The Morgan fingerprint density at radius 3 is 2.80 bits per heavy atom. The molecule has 0 radical (unpaired) electrons. The first-order valence-electron chi connectivity index (χ1n) is 6.74. The van der Waals surface area contributed by atoms with Crippen molar-refractivity contribution < 1.29 is 8.42 Å². The van der Waals surface area contributed by atoms with Gasteiger partial charge >= 0.3 is 10.2 Å². The van der Waals surface area contributed by atoms with Crippen molar-refractivity contribution in [1.82, 2.24) is 4.31 Å². The lowest BCUT2D eigenvalue weighted by atomic mass is 10.1. The van der Waals surface area contributed by atoms with Gasteiger partial charge < -0.3 is 0 Å². The van der Waals surface area contributed by atoms with E-state index in [2.05, 4.69) is 4.72 Å². The van der Waals surface area contributed by atoms with E-state index in [1.54, 1.807) is 18.2 Å². The van der Waals surface area contributed by atoms with Crippen LogP contribution in [-0.4, -0.2) is 25.3 Å². The summed E-state index contributed by atoms with van der Waals surface area (Å²) >= 11 is 0. The van der Waals surface area contributed by atoms with Gasteiger partial charge in [-0.25, -0.2) is 0 Å². The first kappa shape index (κ1) is 14.8. The summed E-state index contributed by atoms with van der Waals surface area (Å²) in [5, 5.41) is 8.90. The lowest BCUT2D eigenvalue weighted by Gasteiger charge is -2.32. The second-order valence-electron chi connectivity index (χ2n) is 5.20. The maximum absolute atomic E-state index is 12.4. The summed E-state index contributed by atoms with van der Waals surface area (Å²) in [5.74, 6) is 0. The first-order chi connectivity index (χ1) is 9.44. The van der Waals surface area contributed by atoms with E-state index in [4.69, 9.17) is 5.26 Å². The Balaban J connectivity index is 2.26. The molecule has 6 heteroatoms. The van der Waals surface area contributed by atoms with E-state index >= 15 is 0 Å². The standard InChI is InChI=1S/C14H19N3O2S/c1-11-6-7-13(10-15)9-14(11)16-20(18,19)17-8-4-3-5-12(17)2/h6-7,9,12,16H,3-5,8H2,1-2H3. The van der Waals surface area contributed by atoms with E-state index in [1.807, 2.05) is 19.9 Å². The van der Waals surface area contributed by atoms with E-state index < -0.39 is 10.2 Å². The molecule has 0 spiro atoms. The van der Waals surface area contributed by atoms with Crippen LogP contribution in [0.5, 0.6) is 0 Å². The maximum atomic E-state index is 12.4. The number of benzene rings is 1. The fourth-order valence-corrected chi connectivity index (χ4v) is 3.99.